The molecule has 5 aromatic carbocycles. The van der Waals surface area contributed by atoms with Crippen LogP contribution in [0.5, 0.6) is 23.0 Å². The SMILES string of the molecule is CN1[CH-]N(c2[c-]c(Oc3[c-]c(-c4[c-]c(Oc5[c-]c(N6[CH-]N(C)c7ccccc76)ccc5)ccn4)[c-]cc3)ccc2)c2ccccc21.[Pt+4].[Pt]. The number of nitrogens with zero attached hydrogens (tertiary/aromatic N) is 5. The van der Waals surface area contributed by atoms with Gasteiger partial charge in [0.2, 0.25) is 0 Å². The molecular formula is C39H26N5O2Pt2-3. The molecule has 8 rings (SSSR count). The van der Waals surface area contributed by atoms with Crippen molar-refractivity contribution in [2.24, 2.45) is 0 Å². The van der Waals surface area contributed by atoms with E-state index in [4.69, 9.17) is 9.47 Å². The summed E-state index contributed by atoms with van der Waals surface area (Å²) in [6, 6.07) is 50.0. The molecule has 1 aromatic heterocycles. The Labute approximate surface area is 309 Å². The van der Waals surface area contributed by atoms with Gasteiger partial charge in [-0.1, -0.05) is 30.0 Å². The van der Waals surface area contributed by atoms with Crippen molar-refractivity contribution in [2.75, 3.05) is 33.7 Å². The second-order valence-corrected chi connectivity index (χ2v) is 10.8. The van der Waals surface area contributed by atoms with Crippen LogP contribution in [0.4, 0.5) is 34.1 Å². The van der Waals surface area contributed by atoms with Crippen LogP contribution in [-0.4, -0.2) is 19.1 Å². The van der Waals surface area contributed by atoms with Gasteiger partial charge in [0.25, 0.3) is 0 Å². The minimum Gasteiger partial charge on any atom is -0.522 e. The third-order valence-corrected chi connectivity index (χ3v) is 7.70. The van der Waals surface area contributed by atoms with Gasteiger partial charge in [0.15, 0.2) is 0 Å². The van der Waals surface area contributed by atoms with E-state index < -0.39 is 0 Å². The number of para-hydroxylation sites is 4. The summed E-state index contributed by atoms with van der Waals surface area (Å²) in [5.41, 5.74) is 7.30. The number of rotatable bonds is 7. The fraction of sp³-hybridized carbons (Fsp3) is 0.0513. The van der Waals surface area contributed by atoms with Gasteiger partial charge in [-0.25, -0.2) is 17.8 Å². The quantitative estimate of drug-likeness (QED) is 0.149. The third-order valence-electron chi connectivity index (χ3n) is 7.70. The van der Waals surface area contributed by atoms with Gasteiger partial charge < -0.3 is 51.8 Å². The third kappa shape index (κ3) is 6.58. The molecule has 0 saturated heterocycles. The van der Waals surface area contributed by atoms with E-state index in [1.54, 1.807) is 24.4 Å². The van der Waals surface area contributed by atoms with E-state index >= 15 is 0 Å². The first-order valence-electron chi connectivity index (χ1n) is 14.7. The van der Waals surface area contributed by atoms with Crippen molar-refractivity contribution < 1.29 is 51.6 Å². The standard InChI is InChI=1S/C39H26N5O2.2Pt/c1-41-26-43(38-18-5-3-16-36(38)41)29-11-8-14-32(23-29)45-31-13-7-10-28(22-31)35-25-34(20-21-40-35)46-33-15-9-12-30(24-33)44-27-42(2)37-17-4-6-19-39(37)44;;/h3-9,11-21,26-27H,1-2H3;;/q-7;;+4. The van der Waals surface area contributed by atoms with Crippen LogP contribution in [0, 0.1) is 43.7 Å². The van der Waals surface area contributed by atoms with E-state index in [0.29, 0.717) is 34.3 Å². The summed E-state index contributed by atoms with van der Waals surface area (Å²) >= 11 is 0. The molecule has 2 aliphatic heterocycles. The summed E-state index contributed by atoms with van der Waals surface area (Å²) in [5.74, 6) is 2.15. The first-order chi connectivity index (χ1) is 22.6. The first kappa shape index (κ1) is 33.3. The molecule has 7 nitrogen and oxygen atoms in total. The van der Waals surface area contributed by atoms with Crippen LogP contribution in [0.15, 0.2) is 109 Å². The van der Waals surface area contributed by atoms with E-state index in [9.17, 15) is 0 Å². The topological polar surface area (TPSA) is 44.3 Å². The summed E-state index contributed by atoms with van der Waals surface area (Å²) in [5, 5.41) is 0. The summed E-state index contributed by atoms with van der Waals surface area (Å²) < 4.78 is 12.4. The number of anilines is 6. The van der Waals surface area contributed by atoms with Crippen LogP contribution in [-0.2, 0) is 42.1 Å². The minimum absolute atomic E-state index is 0. The average Bonchev–Trinajstić information content (AvgIpc) is 3.62. The van der Waals surface area contributed by atoms with Crippen molar-refractivity contribution in [1.82, 2.24) is 4.98 Å². The van der Waals surface area contributed by atoms with Gasteiger partial charge in [-0.15, -0.1) is 53.8 Å². The molecule has 9 heteroatoms. The predicted molar refractivity (Wildman–Crippen MR) is 179 cm³/mol. The Hall–Kier alpha value is -4.57. The number of fused-ring (bicyclic) bond motifs is 2. The van der Waals surface area contributed by atoms with Gasteiger partial charge in [0.1, 0.15) is 0 Å². The Morgan fingerprint density at radius 3 is 1.62 bits per heavy atom. The van der Waals surface area contributed by atoms with Crippen molar-refractivity contribution in [3.05, 3.63) is 153 Å². The molecule has 0 spiro atoms. The van der Waals surface area contributed by atoms with Gasteiger partial charge in [-0.2, -0.15) is 31.5 Å². The van der Waals surface area contributed by atoms with Crippen molar-refractivity contribution >= 4 is 34.1 Å². The van der Waals surface area contributed by atoms with E-state index in [2.05, 4.69) is 79.2 Å². The molecule has 0 bridgehead atoms. The molecule has 0 amide bonds. The second-order valence-electron chi connectivity index (χ2n) is 10.8. The largest absolute Gasteiger partial charge is 4.00 e. The van der Waals surface area contributed by atoms with Crippen molar-refractivity contribution in [2.45, 2.75) is 0 Å². The van der Waals surface area contributed by atoms with Crippen molar-refractivity contribution in [3.63, 3.8) is 0 Å². The molecule has 0 saturated carbocycles. The van der Waals surface area contributed by atoms with Crippen molar-refractivity contribution in [1.29, 1.82) is 0 Å². The molecule has 6 aromatic rings. The Balaban J connectivity index is 0.00000201. The average molecular weight is 987 g/mol. The summed E-state index contributed by atoms with van der Waals surface area (Å²) in [6.07, 6.45) is 1.68. The number of ether oxygens (including phenoxy) is 2. The molecule has 0 unspecified atom stereocenters. The van der Waals surface area contributed by atoms with Crippen LogP contribution < -0.4 is 29.1 Å². The van der Waals surface area contributed by atoms with E-state index in [1.165, 1.54) is 0 Å². The van der Waals surface area contributed by atoms with Gasteiger partial charge >= 0.3 is 21.1 Å². The molecule has 3 heterocycles. The van der Waals surface area contributed by atoms with Crippen LogP contribution in [0.1, 0.15) is 0 Å². The van der Waals surface area contributed by atoms with Crippen LogP contribution in [0.2, 0.25) is 0 Å². The summed E-state index contributed by atoms with van der Waals surface area (Å²) in [4.78, 5) is 12.9. The van der Waals surface area contributed by atoms with Crippen molar-refractivity contribution in [3.8, 4) is 34.3 Å². The van der Waals surface area contributed by atoms with Gasteiger partial charge in [0.05, 0.1) is 0 Å². The molecule has 0 fully saturated rings. The monoisotopic (exact) mass is 986 g/mol. The molecule has 48 heavy (non-hydrogen) atoms. The second kappa shape index (κ2) is 14.3. The summed E-state index contributed by atoms with van der Waals surface area (Å²) in [6.45, 7) is 4.07. The van der Waals surface area contributed by atoms with Crippen LogP contribution in [0.3, 0.4) is 0 Å². The van der Waals surface area contributed by atoms with Gasteiger partial charge in [0, 0.05) is 55.3 Å². The van der Waals surface area contributed by atoms with E-state index in [-0.39, 0.29) is 42.1 Å². The molecular weight excluding hydrogens is 961 g/mol. The van der Waals surface area contributed by atoms with E-state index in [1.807, 2.05) is 88.1 Å². The molecule has 0 N–H and O–H groups in total. The molecule has 2 aliphatic rings. The summed E-state index contributed by atoms with van der Waals surface area (Å²) in [7, 11) is 4.06. The zero-order valence-corrected chi connectivity index (χ0v) is 30.3. The molecule has 242 valence electrons. The number of aromatic nitrogens is 1. The Morgan fingerprint density at radius 1 is 0.562 bits per heavy atom. The van der Waals surface area contributed by atoms with Gasteiger partial charge in [-0.3, -0.25) is 0 Å². The number of hydrogen-bond acceptors (Lipinski definition) is 7. The zero-order valence-electron chi connectivity index (χ0n) is 25.7. The maximum absolute atomic E-state index is 6.20. The first-order valence-corrected chi connectivity index (χ1v) is 14.7. The Bertz CT molecular complexity index is 1910. The number of benzene rings is 5. The Morgan fingerprint density at radius 2 is 1.06 bits per heavy atom. The number of pyridine rings is 1. The molecule has 0 atom stereocenters. The zero-order chi connectivity index (χ0) is 31.0. The van der Waals surface area contributed by atoms with Crippen LogP contribution in [0.25, 0.3) is 11.3 Å². The number of hydrogen-bond donors (Lipinski definition) is 0. The smallest absolute Gasteiger partial charge is 0.522 e. The van der Waals surface area contributed by atoms with Crippen LogP contribution >= 0.6 is 0 Å². The predicted octanol–water partition coefficient (Wildman–Crippen LogP) is 8.74. The maximum atomic E-state index is 6.20. The maximum Gasteiger partial charge on any atom is 4.00 e. The fourth-order valence-corrected chi connectivity index (χ4v) is 5.57. The molecule has 0 aliphatic carbocycles. The minimum atomic E-state index is 0. The Kier molecular flexibility index (Phi) is 9.91. The normalized spacial score (nSPS) is 13.0. The fourth-order valence-electron chi connectivity index (χ4n) is 5.57. The molecule has 0 radical (unpaired) electrons. The van der Waals surface area contributed by atoms with Gasteiger partial charge in [-0.05, 0) is 50.3 Å². The van der Waals surface area contributed by atoms with E-state index in [0.717, 1.165) is 34.1 Å².